The van der Waals surface area contributed by atoms with Crippen LogP contribution in [0.1, 0.15) is 29.1 Å². The summed E-state index contributed by atoms with van der Waals surface area (Å²) >= 11 is 0. The molecule has 7 heteroatoms. The van der Waals surface area contributed by atoms with Crippen LogP contribution in [0, 0.1) is 0 Å². The lowest BCUT2D eigenvalue weighted by atomic mass is 10.1. The van der Waals surface area contributed by atoms with Crippen molar-refractivity contribution in [1.29, 1.82) is 0 Å². The molecule has 7 nitrogen and oxygen atoms in total. The molecular weight excluding hydrogens is 338 g/mol. The average molecular weight is 357 g/mol. The molecule has 0 aromatic heterocycles. The van der Waals surface area contributed by atoms with E-state index in [9.17, 15) is 9.59 Å². The number of carbonyl (C=O) groups excluding carboxylic acids is 2. The zero-order chi connectivity index (χ0) is 18.7. The maximum absolute atomic E-state index is 12.7. The van der Waals surface area contributed by atoms with E-state index >= 15 is 0 Å². The molecule has 136 valence electrons. The van der Waals surface area contributed by atoms with E-state index in [1.165, 1.54) is 26.0 Å². The SMILES string of the molecule is COc1cc(OC)cc(OCN2C(=O)c3ccccc3C2OC(C)=O)c1. The van der Waals surface area contributed by atoms with Gasteiger partial charge in [0.15, 0.2) is 6.73 Å². The summed E-state index contributed by atoms with van der Waals surface area (Å²) in [5, 5.41) is 0. The van der Waals surface area contributed by atoms with Crippen LogP contribution in [-0.4, -0.2) is 37.7 Å². The molecule has 1 aliphatic rings. The summed E-state index contributed by atoms with van der Waals surface area (Å²) in [6, 6.07) is 12.1. The predicted molar refractivity (Wildman–Crippen MR) is 92.2 cm³/mol. The highest BCUT2D eigenvalue weighted by molar-refractivity contribution is 5.99. The van der Waals surface area contributed by atoms with Gasteiger partial charge in [-0.3, -0.25) is 14.5 Å². The Morgan fingerprint density at radius 1 is 1.04 bits per heavy atom. The molecule has 0 spiro atoms. The van der Waals surface area contributed by atoms with E-state index in [1.54, 1.807) is 42.5 Å². The number of methoxy groups -OCH3 is 2. The van der Waals surface area contributed by atoms with Crippen molar-refractivity contribution in [1.82, 2.24) is 4.90 Å². The Balaban J connectivity index is 1.82. The van der Waals surface area contributed by atoms with Crippen molar-refractivity contribution in [3.8, 4) is 17.2 Å². The van der Waals surface area contributed by atoms with Gasteiger partial charge in [0.05, 0.1) is 14.2 Å². The maximum atomic E-state index is 12.7. The third-order valence-corrected chi connectivity index (χ3v) is 3.97. The molecule has 0 saturated heterocycles. The van der Waals surface area contributed by atoms with Crippen molar-refractivity contribution in [3.63, 3.8) is 0 Å². The molecule has 3 rings (SSSR count). The number of amides is 1. The van der Waals surface area contributed by atoms with E-state index in [-0.39, 0.29) is 12.6 Å². The Morgan fingerprint density at radius 3 is 2.27 bits per heavy atom. The van der Waals surface area contributed by atoms with E-state index in [4.69, 9.17) is 18.9 Å². The van der Waals surface area contributed by atoms with Crippen LogP contribution < -0.4 is 14.2 Å². The highest BCUT2D eigenvalue weighted by Gasteiger charge is 2.39. The second-order valence-corrected chi connectivity index (χ2v) is 5.65. The summed E-state index contributed by atoms with van der Waals surface area (Å²) in [6.45, 7) is 1.21. The summed E-state index contributed by atoms with van der Waals surface area (Å²) in [7, 11) is 3.08. The minimum atomic E-state index is -0.816. The molecule has 0 bridgehead atoms. The molecule has 0 aliphatic carbocycles. The molecular formula is C19H19NO6. The first-order valence-corrected chi connectivity index (χ1v) is 7.96. The molecule has 26 heavy (non-hydrogen) atoms. The Hall–Kier alpha value is -3.22. The van der Waals surface area contributed by atoms with Gasteiger partial charge in [0, 0.05) is 36.2 Å². The smallest absolute Gasteiger partial charge is 0.304 e. The fourth-order valence-corrected chi connectivity index (χ4v) is 2.76. The first-order valence-electron chi connectivity index (χ1n) is 7.96. The lowest BCUT2D eigenvalue weighted by Crippen LogP contribution is -2.34. The van der Waals surface area contributed by atoms with Crippen LogP contribution in [0.2, 0.25) is 0 Å². The Bertz CT molecular complexity index is 812. The van der Waals surface area contributed by atoms with Crippen molar-refractivity contribution in [2.24, 2.45) is 0 Å². The average Bonchev–Trinajstić information content (AvgIpc) is 2.91. The van der Waals surface area contributed by atoms with Crippen LogP contribution >= 0.6 is 0 Å². The fraction of sp³-hybridized carbons (Fsp3) is 0.263. The van der Waals surface area contributed by atoms with Crippen LogP contribution in [0.15, 0.2) is 42.5 Å². The van der Waals surface area contributed by atoms with E-state index in [0.717, 1.165) is 0 Å². The lowest BCUT2D eigenvalue weighted by molar-refractivity contribution is -0.155. The van der Waals surface area contributed by atoms with Crippen LogP contribution in [0.3, 0.4) is 0 Å². The molecule has 0 radical (unpaired) electrons. The third-order valence-electron chi connectivity index (χ3n) is 3.97. The topological polar surface area (TPSA) is 74.3 Å². The largest absolute Gasteiger partial charge is 0.496 e. The standard InChI is InChI=1S/C19H19NO6/c1-12(21)26-19-17-7-5-4-6-16(17)18(22)20(19)11-25-15-9-13(23-2)8-14(10-15)24-3/h4-10,19H,11H2,1-3H3. The van der Waals surface area contributed by atoms with Gasteiger partial charge < -0.3 is 18.9 Å². The molecule has 1 amide bonds. The molecule has 2 aromatic rings. The highest BCUT2D eigenvalue weighted by Crippen LogP contribution is 2.35. The van der Waals surface area contributed by atoms with Gasteiger partial charge in [-0.25, -0.2) is 0 Å². The van der Waals surface area contributed by atoms with Crippen molar-refractivity contribution in [3.05, 3.63) is 53.6 Å². The number of nitrogens with zero attached hydrogens (tertiary/aromatic N) is 1. The van der Waals surface area contributed by atoms with Crippen molar-refractivity contribution >= 4 is 11.9 Å². The first-order chi connectivity index (χ1) is 12.5. The first kappa shape index (κ1) is 17.6. The number of esters is 1. The van der Waals surface area contributed by atoms with Gasteiger partial charge in [-0.15, -0.1) is 0 Å². The van der Waals surface area contributed by atoms with Gasteiger partial charge in [0.2, 0.25) is 6.23 Å². The second-order valence-electron chi connectivity index (χ2n) is 5.65. The quantitative estimate of drug-likeness (QED) is 0.740. The fourth-order valence-electron chi connectivity index (χ4n) is 2.76. The van der Waals surface area contributed by atoms with Crippen LogP contribution in [0.5, 0.6) is 17.2 Å². The summed E-state index contributed by atoms with van der Waals surface area (Å²) in [6.07, 6.45) is -0.816. The number of hydrogen-bond donors (Lipinski definition) is 0. The van der Waals surface area contributed by atoms with Gasteiger partial charge in [-0.1, -0.05) is 18.2 Å². The summed E-state index contributed by atoms with van der Waals surface area (Å²) < 4.78 is 21.5. The molecule has 1 aliphatic heterocycles. The Labute approximate surface area is 151 Å². The van der Waals surface area contributed by atoms with E-state index < -0.39 is 12.2 Å². The lowest BCUT2D eigenvalue weighted by Gasteiger charge is -2.24. The number of ether oxygens (including phenoxy) is 4. The minimum absolute atomic E-state index is 0.0955. The zero-order valence-corrected chi connectivity index (χ0v) is 14.7. The van der Waals surface area contributed by atoms with E-state index in [0.29, 0.717) is 28.4 Å². The molecule has 1 heterocycles. The maximum Gasteiger partial charge on any atom is 0.304 e. The van der Waals surface area contributed by atoms with Gasteiger partial charge >= 0.3 is 5.97 Å². The molecule has 0 saturated carbocycles. The number of benzene rings is 2. The minimum Gasteiger partial charge on any atom is -0.496 e. The van der Waals surface area contributed by atoms with E-state index in [2.05, 4.69) is 0 Å². The van der Waals surface area contributed by atoms with Crippen molar-refractivity contribution in [2.45, 2.75) is 13.2 Å². The summed E-state index contributed by atoms with van der Waals surface area (Å²) in [5.74, 6) is 0.847. The molecule has 2 aromatic carbocycles. The van der Waals surface area contributed by atoms with Crippen LogP contribution in [0.25, 0.3) is 0 Å². The molecule has 0 fully saturated rings. The number of rotatable bonds is 6. The summed E-state index contributed by atoms with van der Waals surface area (Å²) in [4.78, 5) is 25.5. The predicted octanol–water partition coefficient (Wildman–Crippen LogP) is 2.76. The second kappa shape index (κ2) is 7.35. The van der Waals surface area contributed by atoms with Crippen molar-refractivity contribution < 1.29 is 28.5 Å². The number of hydrogen-bond acceptors (Lipinski definition) is 6. The van der Waals surface area contributed by atoms with Gasteiger partial charge in [0.25, 0.3) is 5.91 Å². The molecule has 0 N–H and O–H groups in total. The van der Waals surface area contributed by atoms with Gasteiger partial charge in [0.1, 0.15) is 17.2 Å². The molecule has 1 unspecified atom stereocenters. The molecule has 1 atom stereocenters. The van der Waals surface area contributed by atoms with Gasteiger partial charge in [-0.05, 0) is 6.07 Å². The Morgan fingerprint density at radius 2 is 1.65 bits per heavy atom. The Kier molecular flexibility index (Phi) is 4.97. The summed E-state index contributed by atoms with van der Waals surface area (Å²) in [5.41, 5.74) is 1.13. The number of fused-ring (bicyclic) bond motifs is 1. The normalized spacial score (nSPS) is 15.4. The highest BCUT2D eigenvalue weighted by atomic mass is 16.6. The van der Waals surface area contributed by atoms with Crippen LogP contribution in [0.4, 0.5) is 0 Å². The van der Waals surface area contributed by atoms with E-state index in [1.807, 2.05) is 0 Å². The van der Waals surface area contributed by atoms with Crippen LogP contribution in [-0.2, 0) is 9.53 Å². The number of carbonyl (C=O) groups is 2. The van der Waals surface area contributed by atoms with Crippen molar-refractivity contribution in [2.75, 3.05) is 21.0 Å². The third kappa shape index (κ3) is 3.42. The zero-order valence-electron chi connectivity index (χ0n) is 14.7. The van der Waals surface area contributed by atoms with Gasteiger partial charge in [-0.2, -0.15) is 0 Å². The monoisotopic (exact) mass is 357 g/mol.